The molecule has 1 aromatic heterocycles. The average molecular weight is 505 g/mol. The molecule has 19 heteroatoms. The van der Waals surface area contributed by atoms with Crippen LogP contribution in [-0.4, -0.2) is 41.8 Å². The Kier molecular flexibility index (Phi) is 7.67. The van der Waals surface area contributed by atoms with Gasteiger partial charge in [0.25, 0.3) is 5.56 Å². The molecule has 7 N–H and O–H groups in total. The summed E-state index contributed by atoms with van der Waals surface area (Å²) in [5, 5.41) is 0. The number of H-pyrrole nitrogens is 1. The quantitative estimate of drug-likeness (QED) is 0.172. The van der Waals surface area contributed by atoms with Crippen LogP contribution < -0.4 is 17.0 Å². The number of hydrogen-bond donors (Lipinski definition) is 6. The molecule has 0 amide bonds. The van der Waals surface area contributed by atoms with E-state index in [-0.39, 0.29) is 12.8 Å². The first-order valence-electron chi connectivity index (χ1n) is 8.08. The fraction of sp³-hybridized carbons (Fsp3) is 0.500. The van der Waals surface area contributed by atoms with Crippen molar-refractivity contribution in [2.24, 2.45) is 11.7 Å². The number of hydrogen-bond acceptors (Lipinski definition) is 10. The van der Waals surface area contributed by atoms with E-state index in [2.05, 4.69) is 19.1 Å². The van der Waals surface area contributed by atoms with Crippen LogP contribution >= 0.6 is 23.5 Å². The molecular weight excluding hydrogens is 487 g/mol. The maximum absolute atomic E-state index is 12.1. The van der Waals surface area contributed by atoms with Gasteiger partial charge in [-0.2, -0.15) is 8.62 Å². The number of aromatic nitrogens is 2. The second-order valence-corrected chi connectivity index (χ2v) is 10.6. The number of terminal acetylenes is 1. The molecule has 0 aliphatic carbocycles. The minimum Gasteiger partial charge on any atom is -0.336 e. The van der Waals surface area contributed by atoms with Crippen LogP contribution in [0.1, 0.15) is 12.8 Å². The van der Waals surface area contributed by atoms with Gasteiger partial charge in [0.15, 0.2) is 0 Å². The number of nitrogens with zero attached hydrogens (tertiary/aromatic N) is 1. The highest BCUT2D eigenvalue weighted by Crippen LogP contribution is 2.66. The summed E-state index contributed by atoms with van der Waals surface area (Å²) in [5.41, 5.74) is 4.57. The molecule has 2 rings (SSSR count). The van der Waals surface area contributed by atoms with Crippen LogP contribution in [0.4, 0.5) is 0 Å². The Morgan fingerprint density at radius 1 is 1.26 bits per heavy atom. The van der Waals surface area contributed by atoms with Crippen molar-refractivity contribution in [3.8, 4) is 12.3 Å². The van der Waals surface area contributed by atoms with Crippen LogP contribution in [0.15, 0.2) is 21.9 Å². The summed E-state index contributed by atoms with van der Waals surface area (Å²) in [4.78, 5) is 61.0. The molecule has 1 aliphatic heterocycles. The predicted octanol–water partition coefficient (Wildman–Crippen LogP) is -1.12. The SMILES string of the molecule is C#CC[C@@H]1C[C@@H](COP(=O)(O)OP(=O)(O)OP(=O)(O)O)O[C@@]1(N)n1ccc(=O)[nH]c1=O. The summed E-state index contributed by atoms with van der Waals surface area (Å²) in [6, 6.07) is 1.01. The Morgan fingerprint density at radius 3 is 2.45 bits per heavy atom. The average Bonchev–Trinajstić information content (AvgIpc) is 2.87. The zero-order valence-electron chi connectivity index (χ0n) is 15.3. The minimum atomic E-state index is -5.68. The molecule has 0 bridgehead atoms. The van der Waals surface area contributed by atoms with Gasteiger partial charge in [-0.05, 0) is 6.42 Å². The van der Waals surface area contributed by atoms with Crippen molar-refractivity contribution in [2.45, 2.75) is 24.8 Å². The van der Waals surface area contributed by atoms with Crippen LogP contribution in [0.25, 0.3) is 0 Å². The smallest absolute Gasteiger partial charge is 0.336 e. The van der Waals surface area contributed by atoms with E-state index in [0.717, 1.165) is 16.8 Å². The summed E-state index contributed by atoms with van der Waals surface area (Å²) in [6.07, 6.45) is 5.26. The highest BCUT2D eigenvalue weighted by atomic mass is 31.3. The molecule has 1 saturated heterocycles. The van der Waals surface area contributed by atoms with Gasteiger partial charge in [-0.25, -0.2) is 18.5 Å². The number of phosphoric acid groups is 3. The maximum atomic E-state index is 12.1. The van der Waals surface area contributed by atoms with E-state index >= 15 is 0 Å². The van der Waals surface area contributed by atoms with Gasteiger partial charge in [0.2, 0.25) is 5.85 Å². The number of nitrogens with one attached hydrogen (secondary N) is 1. The lowest BCUT2D eigenvalue weighted by Crippen LogP contribution is -2.54. The molecule has 0 saturated carbocycles. The van der Waals surface area contributed by atoms with E-state index in [9.17, 15) is 28.2 Å². The standard InChI is InChI=1S/C12H18N3O13P3/c1-2-3-8-6-9(26-12(8,13)15-5-4-10(16)14-11(15)17)7-25-30(21,22)28-31(23,24)27-29(18,19)20/h1,4-5,8-9H,3,6-7,13H2,(H,21,22)(H,23,24)(H,14,16,17)(H2,18,19,20)/t8-,9+,12+/m1/s1. The monoisotopic (exact) mass is 505 g/mol. The zero-order valence-corrected chi connectivity index (χ0v) is 18.0. The van der Waals surface area contributed by atoms with E-state index in [1.165, 1.54) is 0 Å². The number of ether oxygens (including phenoxy) is 1. The number of phosphoric ester groups is 1. The van der Waals surface area contributed by atoms with Gasteiger partial charge in [-0.1, -0.05) is 0 Å². The number of nitrogens with two attached hydrogens (primary N) is 1. The Hall–Kier alpha value is -1.43. The highest BCUT2D eigenvalue weighted by molar-refractivity contribution is 7.66. The Balaban J connectivity index is 2.15. The molecule has 31 heavy (non-hydrogen) atoms. The molecule has 2 heterocycles. The van der Waals surface area contributed by atoms with Gasteiger partial charge in [-0.15, -0.1) is 12.3 Å². The maximum Gasteiger partial charge on any atom is 0.490 e. The van der Waals surface area contributed by atoms with E-state index in [0.29, 0.717) is 0 Å². The minimum absolute atomic E-state index is 0.00613. The number of rotatable bonds is 9. The number of aromatic amines is 1. The van der Waals surface area contributed by atoms with Gasteiger partial charge in [0.1, 0.15) is 0 Å². The lowest BCUT2D eigenvalue weighted by Gasteiger charge is -2.31. The lowest BCUT2D eigenvalue weighted by atomic mass is 9.96. The van der Waals surface area contributed by atoms with Gasteiger partial charge in [0.05, 0.1) is 12.7 Å². The Labute approximate surface area is 173 Å². The second kappa shape index (κ2) is 9.21. The summed E-state index contributed by atoms with van der Waals surface area (Å²) in [7, 11) is -16.6. The van der Waals surface area contributed by atoms with Crippen molar-refractivity contribution in [2.75, 3.05) is 6.61 Å². The lowest BCUT2D eigenvalue weighted by molar-refractivity contribution is -0.126. The van der Waals surface area contributed by atoms with Crippen molar-refractivity contribution in [1.82, 2.24) is 9.55 Å². The van der Waals surface area contributed by atoms with Gasteiger partial charge >= 0.3 is 29.2 Å². The third-order valence-corrected chi connectivity index (χ3v) is 7.69. The molecule has 2 unspecified atom stereocenters. The third kappa shape index (κ3) is 7.03. The van der Waals surface area contributed by atoms with Gasteiger partial charge < -0.3 is 24.3 Å². The van der Waals surface area contributed by atoms with Crippen LogP contribution in [0.2, 0.25) is 0 Å². The molecule has 0 spiro atoms. The third-order valence-electron chi connectivity index (χ3n) is 3.89. The molecular formula is C12H18N3O13P3. The van der Waals surface area contributed by atoms with Crippen molar-refractivity contribution in [3.63, 3.8) is 0 Å². The molecule has 16 nitrogen and oxygen atoms in total. The second-order valence-electron chi connectivity index (χ2n) is 6.20. The summed E-state index contributed by atoms with van der Waals surface area (Å²) in [5.74, 6) is -0.270. The fourth-order valence-corrected chi connectivity index (χ4v) is 5.85. The van der Waals surface area contributed by atoms with E-state index in [1.54, 1.807) is 0 Å². The van der Waals surface area contributed by atoms with Crippen LogP contribution in [0.3, 0.4) is 0 Å². The first-order chi connectivity index (χ1) is 14.1. The fourth-order valence-electron chi connectivity index (χ4n) is 2.80. The normalized spacial score (nSPS) is 27.9. The summed E-state index contributed by atoms with van der Waals surface area (Å²) in [6.45, 7) is -0.776. The first-order valence-corrected chi connectivity index (χ1v) is 12.6. The predicted molar refractivity (Wildman–Crippen MR) is 99.7 cm³/mol. The topological polar surface area (TPSA) is 250 Å². The van der Waals surface area contributed by atoms with E-state index in [1.807, 2.05) is 4.98 Å². The first kappa shape index (κ1) is 25.8. The molecule has 0 radical (unpaired) electrons. The van der Waals surface area contributed by atoms with Crippen LogP contribution in [0, 0.1) is 18.3 Å². The van der Waals surface area contributed by atoms with Crippen molar-refractivity contribution < 1.29 is 51.2 Å². The van der Waals surface area contributed by atoms with Gasteiger partial charge in [-0.3, -0.25) is 24.6 Å². The van der Waals surface area contributed by atoms with Crippen LogP contribution in [-0.2, 0) is 37.4 Å². The molecule has 1 fully saturated rings. The van der Waals surface area contributed by atoms with E-state index < -0.39 is 59.2 Å². The Bertz CT molecular complexity index is 1120. The van der Waals surface area contributed by atoms with Crippen molar-refractivity contribution in [1.29, 1.82) is 0 Å². The summed E-state index contributed by atoms with van der Waals surface area (Å²) < 4.78 is 51.9. The molecule has 5 atom stereocenters. The summed E-state index contributed by atoms with van der Waals surface area (Å²) >= 11 is 0. The van der Waals surface area contributed by atoms with Crippen molar-refractivity contribution in [3.05, 3.63) is 33.1 Å². The molecule has 1 aromatic rings. The highest BCUT2D eigenvalue weighted by Gasteiger charge is 2.49. The largest absolute Gasteiger partial charge is 0.490 e. The van der Waals surface area contributed by atoms with E-state index in [4.69, 9.17) is 31.6 Å². The van der Waals surface area contributed by atoms with Crippen molar-refractivity contribution >= 4 is 23.5 Å². The molecule has 174 valence electrons. The Morgan fingerprint density at radius 2 is 1.90 bits per heavy atom. The molecule has 0 aromatic carbocycles. The molecule has 1 aliphatic rings. The van der Waals surface area contributed by atoms with Crippen LogP contribution in [0.5, 0.6) is 0 Å². The zero-order chi connectivity index (χ0) is 23.7. The van der Waals surface area contributed by atoms with Gasteiger partial charge in [0, 0.05) is 24.6 Å².